The summed E-state index contributed by atoms with van der Waals surface area (Å²) in [5.74, 6) is -1.03. The molecule has 6 nitrogen and oxygen atoms in total. The van der Waals surface area contributed by atoms with Crippen LogP contribution in [0.4, 0.5) is 0 Å². The molecule has 0 saturated heterocycles. The summed E-state index contributed by atoms with van der Waals surface area (Å²) in [5.41, 5.74) is 2.25. The highest BCUT2D eigenvalue weighted by Gasteiger charge is 2.26. The van der Waals surface area contributed by atoms with Gasteiger partial charge in [0.2, 0.25) is 5.78 Å². The van der Waals surface area contributed by atoms with Gasteiger partial charge in [-0.25, -0.2) is 4.79 Å². The molecule has 3 rings (SSSR count). The number of nitrogens with one attached hydrogen (secondary N) is 1. The Kier molecular flexibility index (Phi) is 3.57. The van der Waals surface area contributed by atoms with Gasteiger partial charge >= 0.3 is 5.97 Å². The maximum Gasteiger partial charge on any atom is 0.352 e. The first-order valence-electron chi connectivity index (χ1n) is 6.98. The van der Waals surface area contributed by atoms with Crippen LogP contribution < -0.4 is 0 Å². The molecule has 0 amide bonds. The number of aromatic amines is 1. The molecule has 0 radical (unpaired) electrons. The number of hydrogen-bond donors (Lipinski definition) is 2. The number of aromatic nitrogens is 2. The summed E-state index contributed by atoms with van der Waals surface area (Å²) in [6, 6.07) is 9.23. The number of benzene rings is 1. The highest BCUT2D eigenvalue weighted by atomic mass is 16.5. The van der Waals surface area contributed by atoms with E-state index in [1.165, 1.54) is 6.20 Å². The average Bonchev–Trinajstić information content (AvgIpc) is 3.11. The summed E-state index contributed by atoms with van der Waals surface area (Å²) in [5, 5.41) is 13.1. The predicted octanol–water partition coefficient (Wildman–Crippen LogP) is 3.22. The number of carboxylic acids is 1. The van der Waals surface area contributed by atoms with Crippen LogP contribution in [0.2, 0.25) is 0 Å². The van der Waals surface area contributed by atoms with Gasteiger partial charge in [0, 0.05) is 17.3 Å². The Morgan fingerprint density at radius 3 is 2.48 bits per heavy atom. The monoisotopic (exact) mass is 310 g/mol. The third-order valence-electron chi connectivity index (χ3n) is 3.74. The SMILES string of the molecule is Cc1onc(-c2ccccc2)c1C(=O)c1c[nH]c(C(=O)O)c1C. The van der Waals surface area contributed by atoms with Gasteiger partial charge in [-0.1, -0.05) is 35.5 Å². The van der Waals surface area contributed by atoms with Crippen LogP contribution in [-0.2, 0) is 0 Å². The predicted molar refractivity (Wildman–Crippen MR) is 82.6 cm³/mol. The fraction of sp³-hybridized carbons (Fsp3) is 0.118. The molecule has 0 atom stereocenters. The Morgan fingerprint density at radius 1 is 1.17 bits per heavy atom. The lowest BCUT2D eigenvalue weighted by atomic mass is 9.97. The molecule has 0 unspecified atom stereocenters. The van der Waals surface area contributed by atoms with Gasteiger partial charge in [0.25, 0.3) is 0 Å². The van der Waals surface area contributed by atoms with Crippen molar-refractivity contribution in [1.29, 1.82) is 0 Å². The second-order valence-electron chi connectivity index (χ2n) is 5.17. The molecule has 0 spiro atoms. The molecule has 2 aromatic heterocycles. The first-order chi connectivity index (χ1) is 11.0. The molecule has 2 N–H and O–H groups in total. The molecule has 0 aliphatic carbocycles. The fourth-order valence-corrected chi connectivity index (χ4v) is 2.52. The van der Waals surface area contributed by atoms with Crippen LogP contribution in [0.25, 0.3) is 11.3 Å². The molecule has 0 aliphatic heterocycles. The third kappa shape index (κ3) is 2.44. The van der Waals surface area contributed by atoms with Crippen molar-refractivity contribution in [1.82, 2.24) is 10.1 Å². The summed E-state index contributed by atoms with van der Waals surface area (Å²) in [6.07, 6.45) is 1.41. The van der Waals surface area contributed by atoms with E-state index in [9.17, 15) is 9.59 Å². The van der Waals surface area contributed by atoms with E-state index >= 15 is 0 Å². The first kappa shape index (κ1) is 14.8. The van der Waals surface area contributed by atoms with Crippen LogP contribution in [0.15, 0.2) is 41.1 Å². The van der Waals surface area contributed by atoms with Crippen molar-refractivity contribution < 1.29 is 19.2 Å². The van der Waals surface area contributed by atoms with Gasteiger partial charge in [-0.15, -0.1) is 0 Å². The Hall–Kier alpha value is -3.15. The second-order valence-corrected chi connectivity index (χ2v) is 5.17. The number of carbonyl (C=O) groups is 2. The van der Waals surface area contributed by atoms with E-state index in [0.717, 1.165) is 5.56 Å². The molecule has 116 valence electrons. The van der Waals surface area contributed by atoms with Crippen molar-refractivity contribution in [2.24, 2.45) is 0 Å². The van der Waals surface area contributed by atoms with Crippen LogP contribution >= 0.6 is 0 Å². The van der Waals surface area contributed by atoms with Gasteiger partial charge in [-0.05, 0) is 19.4 Å². The highest BCUT2D eigenvalue weighted by molar-refractivity contribution is 6.14. The first-order valence-corrected chi connectivity index (χ1v) is 6.98. The largest absolute Gasteiger partial charge is 0.477 e. The van der Waals surface area contributed by atoms with Gasteiger partial charge in [0.15, 0.2) is 0 Å². The summed E-state index contributed by atoms with van der Waals surface area (Å²) in [7, 11) is 0. The Morgan fingerprint density at radius 2 is 1.87 bits per heavy atom. The van der Waals surface area contributed by atoms with Crippen molar-refractivity contribution >= 4 is 11.8 Å². The topological polar surface area (TPSA) is 96.2 Å². The normalized spacial score (nSPS) is 10.7. The van der Waals surface area contributed by atoms with Crippen LogP contribution in [0, 0.1) is 13.8 Å². The Balaban J connectivity index is 2.11. The number of nitrogens with zero attached hydrogens (tertiary/aromatic N) is 1. The lowest BCUT2D eigenvalue weighted by Gasteiger charge is -2.02. The van der Waals surface area contributed by atoms with Crippen molar-refractivity contribution in [3.8, 4) is 11.3 Å². The minimum absolute atomic E-state index is 0.00344. The number of hydrogen-bond acceptors (Lipinski definition) is 4. The molecular formula is C17H14N2O4. The van der Waals surface area contributed by atoms with Crippen molar-refractivity contribution in [3.63, 3.8) is 0 Å². The molecule has 0 aliphatic rings. The van der Waals surface area contributed by atoms with E-state index < -0.39 is 5.97 Å². The zero-order valence-electron chi connectivity index (χ0n) is 12.6. The van der Waals surface area contributed by atoms with Crippen LogP contribution in [-0.4, -0.2) is 27.0 Å². The van der Waals surface area contributed by atoms with E-state index in [-0.39, 0.29) is 11.5 Å². The Bertz CT molecular complexity index is 891. The molecule has 0 saturated carbocycles. The highest BCUT2D eigenvalue weighted by Crippen LogP contribution is 2.28. The molecular weight excluding hydrogens is 296 g/mol. The van der Waals surface area contributed by atoms with Crippen molar-refractivity contribution in [2.45, 2.75) is 13.8 Å². The number of carboxylic acid groups (broad SMARTS) is 1. The van der Waals surface area contributed by atoms with E-state index in [1.807, 2.05) is 30.3 Å². The molecule has 3 aromatic rings. The second kappa shape index (κ2) is 5.57. The number of rotatable bonds is 4. The van der Waals surface area contributed by atoms with Crippen LogP contribution in [0.5, 0.6) is 0 Å². The third-order valence-corrected chi connectivity index (χ3v) is 3.74. The number of H-pyrrole nitrogens is 1. The number of carbonyl (C=O) groups excluding carboxylic acids is 1. The lowest BCUT2D eigenvalue weighted by Crippen LogP contribution is -2.06. The molecule has 0 bridgehead atoms. The summed E-state index contributed by atoms with van der Waals surface area (Å²) in [6.45, 7) is 3.25. The zero-order valence-corrected chi connectivity index (χ0v) is 12.6. The number of aryl methyl sites for hydroxylation is 1. The summed E-state index contributed by atoms with van der Waals surface area (Å²) >= 11 is 0. The smallest absolute Gasteiger partial charge is 0.352 e. The molecule has 6 heteroatoms. The summed E-state index contributed by atoms with van der Waals surface area (Å²) in [4.78, 5) is 26.6. The quantitative estimate of drug-likeness (QED) is 0.721. The van der Waals surface area contributed by atoms with E-state index in [1.54, 1.807) is 13.8 Å². The standard InChI is InChI=1S/C17H14N2O4/c1-9-12(8-18-14(9)17(21)22)16(20)13-10(2)23-19-15(13)11-6-4-3-5-7-11/h3-8,18H,1-2H3,(H,21,22). The van der Waals surface area contributed by atoms with Gasteiger partial charge in [-0.2, -0.15) is 0 Å². The molecule has 0 fully saturated rings. The van der Waals surface area contributed by atoms with Gasteiger partial charge in [0.1, 0.15) is 17.1 Å². The zero-order chi connectivity index (χ0) is 16.6. The van der Waals surface area contributed by atoms with Crippen LogP contribution in [0.3, 0.4) is 0 Å². The molecule has 23 heavy (non-hydrogen) atoms. The Labute approximate surface area is 131 Å². The van der Waals surface area contributed by atoms with E-state index in [2.05, 4.69) is 10.1 Å². The minimum Gasteiger partial charge on any atom is -0.477 e. The van der Waals surface area contributed by atoms with Gasteiger partial charge in [-0.3, -0.25) is 4.79 Å². The van der Waals surface area contributed by atoms with Gasteiger partial charge in [0.05, 0.1) is 5.56 Å². The van der Waals surface area contributed by atoms with Crippen molar-refractivity contribution in [3.05, 3.63) is 64.7 Å². The van der Waals surface area contributed by atoms with E-state index in [4.69, 9.17) is 9.63 Å². The number of aromatic carboxylic acids is 1. The minimum atomic E-state index is -1.10. The molecule has 2 heterocycles. The van der Waals surface area contributed by atoms with E-state index in [0.29, 0.717) is 28.1 Å². The van der Waals surface area contributed by atoms with Crippen molar-refractivity contribution in [2.75, 3.05) is 0 Å². The number of ketones is 1. The average molecular weight is 310 g/mol. The van der Waals surface area contributed by atoms with Gasteiger partial charge < -0.3 is 14.6 Å². The lowest BCUT2D eigenvalue weighted by molar-refractivity contribution is 0.0690. The maximum atomic E-state index is 12.9. The van der Waals surface area contributed by atoms with Crippen LogP contribution in [0.1, 0.15) is 37.7 Å². The maximum absolute atomic E-state index is 12.9. The molecule has 1 aromatic carbocycles. The fourth-order valence-electron chi connectivity index (χ4n) is 2.52. The summed E-state index contributed by atoms with van der Waals surface area (Å²) < 4.78 is 5.19.